The molecule has 0 aliphatic rings. The van der Waals surface area contributed by atoms with E-state index in [9.17, 15) is 14.3 Å². The van der Waals surface area contributed by atoms with E-state index in [4.69, 9.17) is 0 Å². The number of para-hydroxylation sites is 1. The van der Waals surface area contributed by atoms with E-state index in [0.29, 0.717) is 16.8 Å². The number of aliphatic hydroxyl groups excluding tert-OH is 1. The second kappa shape index (κ2) is 5.63. The molecule has 1 unspecified atom stereocenters. The Morgan fingerprint density at radius 3 is 2.42 bits per heavy atom. The molecule has 0 radical (unpaired) electrons. The van der Waals surface area contributed by atoms with Gasteiger partial charge in [0, 0.05) is 16.8 Å². The van der Waals surface area contributed by atoms with Crippen LogP contribution in [0.5, 0.6) is 0 Å². The number of carbonyl (C=O) groups is 1. The van der Waals surface area contributed by atoms with Gasteiger partial charge in [0.05, 0.1) is 6.10 Å². The lowest BCUT2D eigenvalue weighted by atomic mass is 10.1. The predicted octanol–water partition coefficient (Wildman–Crippen LogP) is 3.13. The maximum atomic E-state index is 12.8. The van der Waals surface area contributed by atoms with Crippen LogP contribution < -0.4 is 5.32 Å². The highest BCUT2D eigenvalue weighted by Gasteiger charge is 2.11. The molecule has 2 rings (SSSR count). The molecule has 0 aromatic heterocycles. The number of rotatable bonds is 3. The summed E-state index contributed by atoms with van der Waals surface area (Å²) < 4.78 is 12.8. The monoisotopic (exact) mass is 259 g/mol. The molecule has 2 aromatic rings. The molecule has 0 aliphatic carbocycles. The van der Waals surface area contributed by atoms with Crippen LogP contribution in [0.4, 0.5) is 10.1 Å². The molecule has 1 amide bonds. The van der Waals surface area contributed by atoms with Crippen molar-refractivity contribution in [3.05, 3.63) is 65.5 Å². The zero-order valence-electron chi connectivity index (χ0n) is 10.4. The Balaban J connectivity index is 2.22. The lowest BCUT2D eigenvalue weighted by molar-refractivity contribution is 0.102. The maximum Gasteiger partial charge on any atom is 0.255 e. The van der Waals surface area contributed by atoms with E-state index in [2.05, 4.69) is 5.32 Å². The minimum Gasteiger partial charge on any atom is -0.389 e. The van der Waals surface area contributed by atoms with Crippen LogP contribution in [0, 0.1) is 5.82 Å². The number of nitrogens with one attached hydrogen (secondary N) is 1. The highest BCUT2D eigenvalue weighted by molar-refractivity contribution is 6.04. The third-order valence-corrected chi connectivity index (χ3v) is 2.77. The van der Waals surface area contributed by atoms with Crippen LogP contribution in [0.3, 0.4) is 0 Å². The van der Waals surface area contributed by atoms with Gasteiger partial charge in [-0.1, -0.05) is 18.2 Å². The number of hydrogen-bond donors (Lipinski definition) is 2. The third-order valence-electron chi connectivity index (χ3n) is 2.77. The summed E-state index contributed by atoms with van der Waals surface area (Å²) in [6.45, 7) is 1.63. The van der Waals surface area contributed by atoms with Crippen LogP contribution >= 0.6 is 0 Å². The Labute approximate surface area is 110 Å². The van der Waals surface area contributed by atoms with E-state index in [-0.39, 0.29) is 11.7 Å². The molecular formula is C15H14FNO2. The fourth-order valence-electron chi connectivity index (χ4n) is 1.77. The number of amides is 1. The summed E-state index contributed by atoms with van der Waals surface area (Å²) in [7, 11) is 0. The Morgan fingerprint density at radius 1 is 1.16 bits per heavy atom. The topological polar surface area (TPSA) is 49.3 Å². The second-order valence-electron chi connectivity index (χ2n) is 4.22. The summed E-state index contributed by atoms with van der Waals surface area (Å²) in [6, 6.07) is 12.3. The molecule has 2 N–H and O–H groups in total. The molecule has 19 heavy (non-hydrogen) atoms. The van der Waals surface area contributed by atoms with Crippen LogP contribution in [0.15, 0.2) is 48.5 Å². The van der Waals surface area contributed by atoms with E-state index in [0.717, 1.165) is 0 Å². The highest BCUT2D eigenvalue weighted by atomic mass is 19.1. The Bertz CT molecular complexity index is 579. The quantitative estimate of drug-likeness (QED) is 0.889. The van der Waals surface area contributed by atoms with Gasteiger partial charge in [-0.25, -0.2) is 4.39 Å². The Morgan fingerprint density at radius 2 is 1.79 bits per heavy atom. The zero-order valence-corrected chi connectivity index (χ0v) is 10.4. The van der Waals surface area contributed by atoms with E-state index in [1.165, 1.54) is 24.3 Å². The summed E-state index contributed by atoms with van der Waals surface area (Å²) in [6.07, 6.45) is -0.676. The van der Waals surface area contributed by atoms with Crippen molar-refractivity contribution >= 4 is 11.6 Å². The number of benzene rings is 2. The van der Waals surface area contributed by atoms with Gasteiger partial charge in [-0.05, 0) is 37.3 Å². The summed E-state index contributed by atoms with van der Waals surface area (Å²) in [5.74, 6) is -0.728. The van der Waals surface area contributed by atoms with Crippen molar-refractivity contribution in [2.45, 2.75) is 13.0 Å². The van der Waals surface area contributed by atoms with Crippen molar-refractivity contribution in [2.24, 2.45) is 0 Å². The van der Waals surface area contributed by atoms with Crippen LogP contribution in [-0.4, -0.2) is 11.0 Å². The van der Waals surface area contributed by atoms with Gasteiger partial charge in [0.15, 0.2) is 0 Å². The molecule has 1 atom stereocenters. The van der Waals surface area contributed by atoms with Crippen molar-refractivity contribution in [3.8, 4) is 0 Å². The normalized spacial score (nSPS) is 11.9. The van der Waals surface area contributed by atoms with Gasteiger partial charge in [0.1, 0.15) is 5.82 Å². The van der Waals surface area contributed by atoms with Gasteiger partial charge in [-0.2, -0.15) is 0 Å². The minimum atomic E-state index is -0.676. The van der Waals surface area contributed by atoms with Crippen molar-refractivity contribution in [1.82, 2.24) is 0 Å². The fourth-order valence-corrected chi connectivity index (χ4v) is 1.77. The molecule has 0 fully saturated rings. The maximum absolute atomic E-state index is 12.8. The molecular weight excluding hydrogens is 245 g/mol. The molecule has 4 heteroatoms. The summed E-state index contributed by atoms with van der Waals surface area (Å²) in [5, 5.41) is 12.3. The number of anilines is 1. The average Bonchev–Trinajstić information content (AvgIpc) is 2.39. The summed E-state index contributed by atoms with van der Waals surface area (Å²) in [4.78, 5) is 12.0. The smallest absolute Gasteiger partial charge is 0.255 e. The molecule has 98 valence electrons. The number of halogens is 1. The van der Waals surface area contributed by atoms with Gasteiger partial charge in [-0.15, -0.1) is 0 Å². The lowest BCUT2D eigenvalue weighted by Crippen LogP contribution is -2.13. The summed E-state index contributed by atoms with van der Waals surface area (Å²) >= 11 is 0. The molecule has 0 heterocycles. The predicted molar refractivity (Wildman–Crippen MR) is 71.4 cm³/mol. The number of carbonyl (C=O) groups excluding carboxylic acids is 1. The second-order valence-corrected chi connectivity index (χ2v) is 4.22. The SMILES string of the molecule is CC(O)c1ccccc1NC(=O)c1ccc(F)cc1. The largest absolute Gasteiger partial charge is 0.389 e. The van der Waals surface area contributed by atoms with Crippen molar-refractivity contribution in [1.29, 1.82) is 0 Å². The van der Waals surface area contributed by atoms with E-state index in [1.54, 1.807) is 31.2 Å². The first kappa shape index (κ1) is 13.2. The van der Waals surface area contributed by atoms with Gasteiger partial charge in [0.2, 0.25) is 0 Å². The summed E-state index contributed by atoms with van der Waals surface area (Å²) in [5.41, 5.74) is 1.55. The van der Waals surface area contributed by atoms with E-state index < -0.39 is 6.10 Å². The standard InChI is InChI=1S/C15H14FNO2/c1-10(18)13-4-2-3-5-14(13)17-15(19)11-6-8-12(16)9-7-11/h2-10,18H,1H3,(H,17,19). The van der Waals surface area contributed by atoms with Crippen LogP contribution in [-0.2, 0) is 0 Å². The third kappa shape index (κ3) is 3.17. The Hall–Kier alpha value is -2.20. The van der Waals surface area contributed by atoms with Crippen LogP contribution in [0.2, 0.25) is 0 Å². The van der Waals surface area contributed by atoms with Crippen LogP contribution in [0.1, 0.15) is 28.9 Å². The highest BCUT2D eigenvalue weighted by Crippen LogP contribution is 2.22. The first-order valence-electron chi connectivity index (χ1n) is 5.92. The molecule has 2 aromatic carbocycles. The van der Waals surface area contributed by atoms with Crippen molar-refractivity contribution in [3.63, 3.8) is 0 Å². The van der Waals surface area contributed by atoms with Gasteiger partial charge in [0.25, 0.3) is 5.91 Å². The van der Waals surface area contributed by atoms with Gasteiger partial charge in [-0.3, -0.25) is 4.79 Å². The van der Waals surface area contributed by atoms with Crippen molar-refractivity contribution < 1.29 is 14.3 Å². The molecule has 0 spiro atoms. The number of hydrogen-bond acceptors (Lipinski definition) is 2. The van der Waals surface area contributed by atoms with Crippen molar-refractivity contribution in [2.75, 3.05) is 5.32 Å². The molecule has 0 saturated heterocycles. The number of aliphatic hydroxyl groups is 1. The Kier molecular flexibility index (Phi) is 3.92. The van der Waals surface area contributed by atoms with E-state index >= 15 is 0 Å². The molecule has 3 nitrogen and oxygen atoms in total. The van der Waals surface area contributed by atoms with Gasteiger partial charge >= 0.3 is 0 Å². The molecule has 0 bridgehead atoms. The minimum absolute atomic E-state index is 0.340. The van der Waals surface area contributed by atoms with Gasteiger partial charge < -0.3 is 10.4 Å². The van der Waals surface area contributed by atoms with E-state index in [1.807, 2.05) is 0 Å². The zero-order chi connectivity index (χ0) is 13.8. The first-order chi connectivity index (χ1) is 9.08. The lowest BCUT2D eigenvalue weighted by Gasteiger charge is -2.12. The van der Waals surface area contributed by atoms with Crippen LogP contribution in [0.25, 0.3) is 0 Å². The molecule has 0 aliphatic heterocycles. The fraction of sp³-hybridized carbons (Fsp3) is 0.133. The average molecular weight is 259 g/mol. The first-order valence-corrected chi connectivity index (χ1v) is 5.92. The molecule has 0 saturated carbocycles.